The highest BCUT2D eigenvalue weighted by atomic mass is 35.7. The zero-order valence-electron chi connectivity index (χ0n) is 35.2. The number of para-hydroxylation sites is 2. The normalized spacial score (nSPS) is 14.4. The fourth-order valence-corrected chi connectivity index (χ4v) is 10.2. The van der Waals surface area contributed by atoms with E-state index in [0.29, 0.717) is 50.5 Å². The molecule has 1 N–H and O–H groups in total. The SMILES string of the molecule is COc1ccc(S(=O)(=O)Cl)cc1.COc1ccc(S(=O)(=O)N2CCN(c3nc(Cc4ccccc4OC)ns3)CC2)cc1.COc1ccccc1Cc1nsc(N2CCNCC2)n1. The summed E-state index contributed by atoms with van der Waals surface area (Å²) in [6.45, 7) is 5.97. The largest absolute Gasteiger partial charge is 0.497 e. The molecule has 2 aromatic heterocycles. The molecule has 21 heteroatoms. The first kappa shape index (κ1) is 47.4. The number of hydrogen-bond donors (Lipinski definition) is 1. The van der Waals surface area contributed by atoms with Crippen molar-refractivity contribution in [3.8, 4) is 23.0 Å². The van der Waals surface area contributed by atoms with Crippen LogP contribution in [0, 0.1) is 0 Å². The Hall–Kier alpha value is -5.09. The van der Waals surface area contributed by atoms with Crippen molar-refractivity contribution >= 4 is 63.1 Å². The van der Waals surface area contributed by atoms with Crippen LogP contribution in [0.2, 0.25) is 0 Å². The number of benzene rings is 4. The first-order chi connectivity index (χ1) is 30.4. The molecule has 8 rings (SSSR count). The molecular formula is C42H49ClN8O8S4. The number of aromatic nitrogens is 4. The molecule has 63 heavy (non-hydrogen) atoms. The summed E-state index contributed by atoms with van der Waals surface area (Å²) >= 11 is 2.83. The quantitative estimate of drug-likeness (QED) is 0.137. The molecule has 4 heterocycles. The van der Waals surface area contributed by atoms with E-state index in [1.165, 1.54) is 58.7 Å². The van der Waals surface area contributed by atoms with E-state index in [0.717, 1.165) is 70.7 Å². The van der Waals surface area contributed by atoms with Gasteiger partial charge in [-0.2, -0.15) is 13.1 Å². The van der Waals surface area contributed by atoms with Gasteiger partial charge >= 0.3 is 0 Å². The van der Waals surface area contributed by atoms with E-state index in [-0.39, 0.29) is 9.79 Å². The average Bonchev–Trinajstić information content (AvgIpc) is 4.00. The molecule has 4 aromatic carbocycles. The maximum atomic E-state index is 12.9. The van der Waals surface area contributed by atoms with Crippen LogP contribution < -0.4 is 34.1 Å². The van der Waals surface area contributed by atoms with Gasteiger partial charge in [-0.25, -0.2) is 26.8 Å². The summed E-state index contributed by atoms with van der Waals surface area (Å²) in [5.41, 5.74) is 2.16. The second-order valence-corrected chi connectivity index (χ2v) is 19.8. The summed E-state index contributed by atoms with van der Waals surface area (Å²) in [6, 6.07) is 28.2. The number of sulfonamides is 1. The van der Waals surface area contributed by atoms with Crippen molar-refractivity contribution in [2.45, 2.75) is 22.6 Å². The molecular weight excluding hydrogens is 908 g/mol. The van der Waals surface area contributed by atoms with Crippen LogP contribution in [0.15, 0.2) is 107 Å². The van der Waals surface area contributed by atoms with Gasteiger partial charge in [-0.1, -0.05) is 36.4 Å². The van der Waals surface area contributed by atoms with E-state index in [2.05, 4.69) is 39.9 Å². The molecule has 2 saturated heterocycles. The molecule has 0 atom stereocenters. The summed E-state index contributed by atoms with van der Waals surface area (Å²) in [5, 5.41) is 5.18. The van der Waals surface area contributed by atoms with Crippen LogP contribution in [0.5, 0.6) is 23.0 Å². The summed E-state index contributed by atoms with van der Waals surface area (Å²) in [4.78, 5) is 14.0. The van der Waals surface area contributed by atoms with Crippen molar-refractivity contribution in [3.63, 3.8) is 0 Å². The highest BCUT2D eigenvalue weighted by Crippen LogP contribution is 2.27. The summed E-state index contributed by atoms with van der Waals surface area (Å²) in [7, 11) is 4.35. The van der Waals surface area contributed by atoms with E-state index in [1.54, 1.807) is 45.6 Å². The lowest BCUT2D eigenvalue weighted by atomic mass is 10.1. The molecule has 16 nitrogen and oxygen atoms in total. The third kappa shape index (κ3) is 13.0. The minimum absolute atomic E-state index is 0.0740. The fourth-order valence-electron chi connectivity index (χ4n) is 6.54. The van der Waals surface area contributed by atoms with E-state index in [4.69, 9.17) is 29.6 Å². The number of halogens is 1. The Morgan fingerprint density at radius 2 is 1.00 bits per heavy atom. The lowest BCUT2D eigenvalue weighted by molar-refractivity contribution is 0.384. The highest BCUT2D eigenvalue weighted by Gasteiger charge is 2.30. The number of ether oxygens (including phenoxy) is 4. The molecule has 0 saturated carbocycles. The Morgan fingerprint density at radius 3 is 1.43 bits per heavy atom. The van der Waals surface area contributed by atoms with Gasteiger partial charge in [-0.3, -0.25) is 0 Å². The van der Waals surface area contributed by atoms with E-state index in [1.807, 2.05) is 42.5 Å². The maximum Gasteiger partial charge on any atom is 0.261 e. The highest BCUT2D eigenvalue weighted by molar-refractivity contribution is 8.13. The Bertz CT molecular complexity index is 2580. The molecule has 0 spiro atoms. The van der Waals surface area contributed by atoms with Crippen molar-refractivity contribution in [1.29, 1.82) is 0 Å². The van der Waals surface area contributed by atoms with Crippen molar-refractivity contribution in [1.82, 2.24) is 28.3 Å². The number of anilines is 2. The number of hydrogen-bond acceptors (Lipinski definition) is 17. The Kier molecular flexibility index (Phi) is 16.9. The molecule has 2 aliphatic rings. The Morgan fingerprint density at radius 1 is 0.571 bits per heavy atom. The molecule has 0 unspecified atom stereocenters. The van der Waals surface area contributed by atoms with Gasteiger partial charge in [0, 0.05) is 110 Å². The molecule has 0 radical (unpaired) electrons. The van der Waals surface area contributed by atoms with Crippen molar-refractivity contribution in [2.75, 3.05) is 90.6 Å². The maximum absolute atomic E-state index is 12.9. The van der Waals surface area contributed by atoms with Gasteiger partial charge in [0.1, 0.15) is 34.6 Å². The average molecular weight is 958 g/mol. The van der Waals surface area contributed by atoms with Gasteiger partial charge in [-0.05, 0) is 60.7 Å². The van der Waals surface area contributed by atoms with Crippen molar-refractivity contribution in [3.05, 3.63) is 120 Å². The monoisotopic (exact) mass is 956 g/mol. The topological polar surface area (TPSA) is 179 Å². The first-order valence-corrected chi connectivity index (χ1v) is 25.0. The third-order valence-corrected chi connectivity index (χ3v) is 14.8. The molecule has 0 amide bonds. The van der Waals surface area contributed by atoms with E-state index >= 15 is 0 Å². The Labute approximate surface area is 381 Å². The van der Waals surface area contributed by atoms with Gasteiger partial charge in [0.2, 0.25) is 20.3 Å². The first-order valence-electron chi connectivity index (χ1n) is 19.7. The van der Waals surface area contributed by atoms with Crippen molar-refractivity contribution in [2.24, 2.45) is 0 Å². The third-order valence-electron chi connectivity index (χ3n) is 9.93. The number of nitrogens with zero attached hydrogens (tertiary/aromatic N) is 7. The van der Waals surface area contributed by atoms with Gasteiger partial charge < -0.3 is 34.1 Å². The van der Waals surface area contributed by atoms with Crippen LogP contribution in [-0.2, 0) is 31.9 Å². The number of rotatable bonds is 13. The second-order valence-electron chi connectivity index (χ2n) is 13.9. The minimum Gasteiger partial charge on any atom is -0.497 e. The number of nitrogens with one attached hydrogen (secondary N) is 1. The molecule has 2 fully saturated rings. The van der Waals surface area contributed by atoms with E-state index in [9.17, 15) is 16.8 Å². The number of methoxy groups -OCH3 is 4. The van der Waals surface area contributed by atoms with Crippen molar-refractivity contribution < 1.29 is 35.8 Å². The molecule has 336 valence electrons. The van der Waals surface area contributed by atoms with Crippen LogP contribution in [-0.4, -0.2) is 121 Å². The lowest BCUT2D eigenvalue weighted by Crippen LogP contribution is -2.48. The van der Waals surface area contributed by atoms with Crippen LogP contribution in [0.3, 0.4) is 0 Å². The number of piperazine rings is 2. The summed E-state index contributed by atoms with van der Waals surface area (Å²) in [5.74, 6) is 4.54. The molecule has 0 aliphatic carbocycles. The molecule has 2 aliphatic heterocycles. The zero-order chi connectivity index (χ0) is 44.8. The predicted octanol–water partition coefficient (Wildman–Crippen LogP) is 5.83. The fraction of sp³-hybridized carbons (Fsp3) is 0.333. The van der Waals surface area contributed by atoms with Gasteiger partial charge in [-0.15, -0.1) is 0 Å². The molecule has 0 bridgehead atoms. The standard InChI is InChI=1S/C21H24N4O4S2.C14H18N4OS.C7H7ClO3S/c1-28-17-7-9-18(10-8-17)31(26,27)25-13-11-24(12-14-25)21-22-20(23-30-21)15-16-5-3-4-6-19(16)29-2;1-19-12-5-3-2-4-11(12)10-13-16-14(20-17-13)18-8-6-15-7-9-18;1-11-6-2-4-7(5-3-6)12(8,9)10/h3-10H,11-15H2,1-2H3;2-5,15H,6-10H2,1H3;2-5H,1H3. The zero-order valence-corrected chi connectivity index (χ0v) is 39.2. The molecule has 6 aromatic rings. The van der Waals surface area contributed by atoms with Gasteiger partial charge in [0.15, 0.2) is 0 Å². The van der Waals surface area contributed by atoms with Gasteiger partial charge in [0.25, 0.3) is 9.05 Å². The predicted molar refractivity (Wildman–Crippen MR) is 246 cm³/mol. The summed E-state index contributed by atoms with van der Waals surface area (Å²) in [6.07, 6.45) is 1.30. The Balaban J connectivity index is 0.000000176. The lowest BCUT2D eigenvalue weighted by Gasteiger charge is -2.33. The van der Waals surface area contributed by atoms with E-state index < -0.39 is 19.1 Å². The van der Waals surface area contributed by atoms with Crippen LogP contribution in [0.1, 0.15) is 22.8 Å². The minimum atomic E-state index is -3.61. The van der Waals surface area contributed by atoms with Crippen LogP contribution in [0.4, 0.5) is 10.3 Å². The van der Waals surface area contributed by atoms with Crippen LogP contribution in [0.25, 0.3) is 0 Å². The smallest absolute Gasteiger partial charge is 0.261 e. The summed E-state index contributed by atoms with van der Waals surface area (Å²) < 4.78 is 78.6. The van der Waals surface area contributed by atoms with Crippen LogP contribution >= 0.6 is 33.7 Å². The van der Waals surface area contributed by atoms with Gasteiger partial charge in [0.05, 0.1) is 38.2 Å². The second kappa shape index (κ2) is 22.5.